The molecule has 7 heteroatoms. The minimum absolute atomic E-state index is 0.0498. The SMILES string of the molecule is COc1cc(C=CC(=O)N(C)Cc2sccc2C)ccc1OC(F)F. The summed E-state index contributed by atoms with van der Waals surface area (Å²) < 4.78 is 34.1. The van der Waals surface area contributed by atoms with E-state index in [4.69, 9.17) is 4.74 Å². The standard InChI is InChI=1S/C18H19F2NO3S/c1-12-8-9-25-16(12)11-21(2)17(22)7-5-13-4-6-14(24-18(19)20)15(10-13)23-3/h4-10,18H,11H2,1-3H3. The van der Waals surface area contributed by atoms with Crippen LogP contribution < -0.4 is 9.47 Å². The number of likely N-dealkylation sites (N-methyl/N-ethyl adjacent to an activating group) is 1. The van der Waals surface area contributed by atoms with Crippen LogP contribution in [0.5, 0.6) is 11.5 Å². The second-order valence-corrected chi connectivity index (χ2v) is 6.34. The molecule has 1 heterocycles. The zero-order chi connectivity index (χ0) is 18.4. The summed E-state index contributed by atoms with van der Waals surface area (Å²) in [7, 11) is 3.09. The number of rotatable bonds is 7. The number of hydrogen-bond donors (Lipinski definition) is 0. The molecule has 2 rings (SSSR count). The van der Waals surface area contributed by atoms with Gasteiger partial charge in [0.2, 0.25) is 5.91 Å². The highest BCUT2D eigenvalue weighted by atomic mass is 32.1. The van der Waals surface area contributed by atoms with Crippen molar-refractivity contribution in [2.24, 2.45) is 0 Å². The number of carbonyl (C=O) groups excluding carboxylic acids is 1. The molecule has 0 spiro atoms. The van der Waals surface area contributed by atoms with E-state index in [2.05, 4.69) is 4.74 Å². The van der Waals surface area contributed by atoms with E-state index in [0.717, 1.165) is 10.4 Å². The lowest BCUT2D eigenvalue weighted by molar-refractivity contribution is -0.125. The fraction of sp³-hybridized carbons (Fsp3) is 0.278. The van der Waals surface area contributed by atoms with Crippen molar-refractivity contribution < 1.29 is 23.0 Å². The van der Waals surface area contributed by atoms with Crippen LogP contribution >= 0.6 is 11.3 Å². The number of thiophene rings is 1. The summed E-state index contributed by atoms with van der Waals surface area (Å²) in [4.78, 5) is 15.0. The zero-order valence-electron chi connectivity index (χ0n) is 14.2. The summed E-state index contributed by atoms with van der Waals surface area (Å²) in [5, 5.41) is 1.99. The topological polar surface area (TPSA) is 38.8 Å². The van der Waals surface area contributed by atoms with Crippen LogP contribution in [0.3, 0.4) is 0 Å². The Bertz CT molecular complexity index is 759. The second-order valence-electron chi connectivity index (χ2n) is 5.34. The van der Waals surface area contributed by atoms with E-state index in [0.29, 0.717) is 12.1 Å². The summed E-state index contributed by atoms with van der Waals surface area (Å²) in [6.45, 7) is -0.377. The first kappa shape index (κ1) is 18.9. The summed E-state index contributed by atoms with van der Waals surface area (Å²) in [5.74, 6) is -0.0246. The molecular weight excluding hydrogens is 348 g/mol. The van der Waals surface area contributed by atoms with Gasteiger partial charge < -0.3 is 14.4 Å². The van der Waals surface area contributed by atoms with Crippen LogP contribution in [0.25, 0.3) is 6.08 Å². The Morgan fingerprint density at radius 3 is 2.68 bits per heavy atom. The summed E-state index contributed by atoms with van der Waals surface area (Å²) in [5.41, 5.74) is 1.81. The molecule has 134 valence electrons. The number of aryl methyl sites for hydroxylation is 1. The largest absolute Gasteiger partial charge is 0.493 e. The van der Waals surface area contributed by atoms with Gasteiger partial charge in [0.05, 0.1) is 13.7 Å². The minimum Gasteiger partial charge on any atom is -0.493 e. The van der Waals surface area contributed by atoms with Gasteiger partial charge in [0.1, 0.15) is 0 Å². The van der Waals surface area contributed by atoms with E-state index in [-0.39, 0.29) is 17.4 Å². The maximum Gasteiger partial charge on any atom is 0.387 e. The van der Waals surface area contributed by atoms with Gasteiger partial charge >= 0.3 is 6.61 Å². The van der Waals surface area contributed by atoms with Gasteiger partial charge in [-0.3, -0.25) is 4.79 Å². The maximum atomic E-state index is 12.3. The molecule has 0 atom stereocenters. The molecule has 0 fully saturated rings. The Kier molecular flexibility index (Phi) is 6.52. The van der Waals surface area contributed by atoms with Crippen LogP contribution in [0.4, 0.5) is 8.78 Å². The average molecular weight is 367 g/mol. The molecule has 1 amide bonds. The lowest BCUT2D eigenvalue weighted by atomic mass is 10.2. The van der Waals surface area contributed by atoms with Gasteiger partial charge in [0.15, 0.2) is 11.5 Å². The maximum absolute atomic E-state index is 12.3. The average Bonchev–Trinajstić information content (AvgIpc) is 2.97. The normalized spacial score (nSPS) is 11.1. The monoisotopic (exact) mass is 367 g/mol. The van der Waals surface area contributed by atoms with Crippen molar-refractivity contribution in [2.75, 3.05) is 14.2 Å². The molecule has 0 N–H and O–H groups in total. The van der Waals surface area contributed by atoms with E-state index in [1.807, 2.05) is 18.4 Å². The Hall–Kier alpha value is -2.41. The predicted molar refractivity (Wildman–Crippen MR) is 94.2 cm³/mol. The molecular formula is C18H19F2NO3S. The first-order chi connectivity index (χ1) is 11.9. The molecule has 1 aromatic carbocycles. The minimum atomic E-state index is -2.92. The number of carbonyl (C=O) groups is 1. The van der Waals surface area contributed by atoms with Crippen molar-refractivity contribution >= 4 is 23.3 Å². The number of amides is 1. The first-order valence-electron chi connectivity index (χ1n) is 7.49. The number of nitrogens with zero attached hydrogens (tertiary/aromatic N) is 1. The summed E-state index contributed by atoms with van der Waals surface area (Å²) in [6, 6.07) is 6.51. The number of methoxy groups -OCH3 is 1. The van der Waals surface area contributed by atoms with Gasteiger partial charge in [0.25, 0.3) is 0 Å². The zero-order valence-corrected chi connectivity index (χ0v) is 15.0. The Morgan fingerprint density at radius 1 is 1.32 bits per heavy atom. The van der Waals surface area contributed by atoms with E-state index in [1.165, 1.54) is 25.3 Å². The fourth-order valence-corrected chi connectivity index (χ4v) is 3.09. The third kappa shape index (κ3) is 5.29. The van der Waals surface area contributed by atoms with E-state index >= 15 is 0 Å². The Morgan fingerprint density at radius 2 is 2.08 bits per heavy atom. The van der Waals surface area contributed by atoms with Crippen LogP contribution in [0.2, 0.25) is 0 Å². The van der Waals surface area contributed by atoms with Crippen LogP contribution in [0, 0.1) is 6.92 Å². The van der Waals surface area contributed by atoms with Crippen molar-refractivity contribution in [3.63, 3.8) is 0 Å². The third-order valence-corrected chi connectivity index (χ3v) is 4.56. The van der Waals surface area contributed by atoms with E-state index < -0.39 is 6.61 Å². The number of ether oxygens (including phenoxy) is 2. The molecule has 0 saturated heterocycles. The smallest absolute Gasteiger partial charge is 0.387 e. The summed E-state index contributed by atoms with van der Waals surface area (Å²) >= 11 is 1.61. The molecule has 0 aliphatic carbocycles. The van der Waals surface area contributed by atoms with Crippen molar-refractivity contribution in [1.29, 1.82) is 0 Å². The van der Waals surface area contributed by atoms with Gasteiger partial charge in [-0.25, -0.2) is 0 Å². The number of halogens is 2. The predicted octanol–water partition coefficient (Wildman–Crippen LogP) is 4.34. The third-order valence-electron chi connectivity index (χ3n) is 3.55. The van der Waals surface area contributed by atoms with Gasteiger partial charge in [-0.1, -0.05) is 6.07 Å². The highest BCUT2D eigenvalue weighted by Gasteiger charge is 2.11. The van der Waals surface area contributed by atoms with Gasteiger partial charge in [-0.15, -0.1) is 11.3 Å². The Balaban J connectivity index is 2.05. The lowest BCUT2D eigenvalue weighted by Gasteiger charge is -2.14. The van der Waals surface area contributed by atoms with Crippen molar-refractivity contribution in [1.82, 2.24) is 4.90 Å². The van der Waals surface area contributed by atoms with Crippen molar-refractivity contribution in [3.05, 3.63) is 51.7 Å². The van der Waals surface area contributed by atoms with Crippen LogP contribution in [-0.4, -0.2) is 31.6 Å². The molecule has 2 aromatic rings. The van der Waals surface area contributed by atoms with Crippen LogP contribution in [0.15, 0.2) is 35.7 Å². The lowest BCUT2D eigenvalue weighted by Crippen LogP contribution is -2.23. The molecule has 0 bridgehead atoms. The molecule has 0 unspecified atom stereocenters. The number of benzene rings is 1. The molecule has 4 nitrogen and oxygen atoms in total. The molecule has 0 radical (unpaired) electrons. The molecule has 1 aromatic heterocycles. The molecule has 0 saturated carbocycles. The molecule has 0 aliphatic heterocycles. The Labute approximate surface area is 149 Å². The highest BCUT2D eigenvalue weighted by molar-refractivity contribution is 7.10. The van der Waals surface area contributed by atoms with Crippen LogP contribution in [-0.2, 0) is 11.3 Å². The van der Waals surface area contributed by atoms with Gasteiger partial charge in [0, 0.05) is 18.0 Å². The number of alkyl halides is 2. The van der Waals surface area contributed by atoms with Crippen molar-refractivity contribution in [2.45, 2.75) is 20.1 Å². The quantitative estimate of drug-likeness (QED) is 0.684. The highest BCUT2D eigenvalue weighted by Crippen LogP contribution is 2.29. The van der Waals surface area contributed by atoms with Gasteiger partial charge in [-0.2, -0.15) is 8.78 Å². The van der Waals surface area contributed by atoms with E-state index in [9.17, 15) is 13.6 Å². The van der Waals surface area contributed by atoms with Crippen molar-refractivity contribution in [3.8, 4) is 11.5 Å². The summed E-state index contributed by atoms with van der Waals surface area (Å²) in [6.07, 6.45) is 3.04. The molecule has 25 heavy (non-hydrogen) atoms. The second kappa shape index (κ2) is 8.62. The van der Waals surface area contributed by atoms with E-state index in [1.54, 1.807) is 35.4 Å². The van der Waals surface area contributed by atoms with Gasteiger partial charge in [-0.05, 0) is 47.7 Å². The fourth-order valence-electron chi connectivity index (χ4n) is 2.14. The first-order valence-corrected chi connectivity index (χ1v) is 8.37. The number of hydrogen-bond acceptors (Lipinski definition) is 4. The molecule has 0 aliphatic rings. The van der Waals surface area contributed by atoms with Crippen LogP contribution in [0.1, 0.15) is 16.0 Å².